The summed E-state index contributed by atoms with van der Waals surface area (Å²) in [5.74, 6) is 0.448. The van der Waals surface area contributed by atoms with E-state index in [0.717, 1.165) is 17.1 Å². The lowest BCUT2D eigenvalue weighted by Gasteiger charge is -2.11. The van der Waals surface area contributed by atoms with E-state index in [1.807, 2.05) is 30.5 Å². The van der Waals surface area contributed by atoms with E-state index >= 15 is 0 Å². The van der Waals surface area contributed by atoms with Crippen molar-refractivity contribution in [2.75, 3.05) is 11.5 Å². The number of rotatable bonds is 5. The topological polar surface area (TPSA) is 89.6 Å². The molecule has 0 aliphatic carbocycles. The van der Waals surface area contributed by atoms with Crippen LogP contribution in [0.15, 0.2) is 29.4 Å². The predicted molar refractivity (Wildman–Crippen MR) is 101 cm³/mol. The smallest absolute Gasteiger partial charge is 0.216 e. The quantitative estimate of drug-likeness (QED) is 0.501. The average Bonchev–Trinajstić information content (AvgIpc) is 3.11. The molecule has 0 amide bonds. The Labute approximate surface area is 158 Å². The number of anilines is 1. The van der Waals surface area contributed by atoms with Crippen molar-refractivity contribution in [3.05, 3.63) is 51.3 Å². The number of ketones is 1. The lowest BCUT2D eigenvalue weighted by atomic mass is 10.2. The maximum absolute atomic E-state index is 12.6. The molecule has 1 aromatic carbocycles. The summed E-state index contributed by atoms with van der Waals surface area (Å²) in [6.07, 6.45) is 0. The summed E-state index contributed by atoms with van der Waals surface area (Å²) < 4.78 is 1.98. The summed E-state index contributed by atoms with van der Waals surface area (Å²) in [6, 6.07) is 7.26. The molecule has 0 bridgehead atoms. The van der Waals surface area contributed by atoms with Crippen LogP contribution in [0.4, 0.5) is 5.95 Å². The van der Waals surface area contributed by atoms with Crippen molar-refractivity contribution in [2.24, 2.45) is 0 Å². The minimum absolute atomic E-state index is 0.00668. The Balaban J connectivity index is 1.85. The number of hydrogen-bond donors (Lipinski definition) is 2. The van der Waals surface area contributed by atoms with Gasteiger partial charge in [0.25, 0.3) is 0 Å². The molecule has 0 spiro atoms. The molecule has 0 radical (unpaired) electrons. The van der Waals surface area contributed by atoms with Crippen molar-refractivity contribution >= 4 is 46.7 Å². The first-order chi connectivity index (χ1) is 11.9. The Morgan fingerprint density at radius 2 is 2.04 bits per heavy atom. The zero-order chi connectivity index (χ0) is 18.1. The number of halogens is 2. The first-order valence-electron chi connectivity index (χ1n) is 7.35. The predicted octanol–water partition coefficient (Wildman–Crippen LogP) is 4.08. The highest BCUT2D eigenvalue weighted by atomic mass is 35.5. The van der Waals surface area contributed by atoms with Crippen molar-refractivity contribution in [2.45, 2.75) is 19.0 Å². The third kappa shape index (κ3) is 3.68. The van der Waals surface area contributed by atoms with Crippen LogP contribution in [0.25, 0.3) is 5.69 Å². The number of aromatic amines is 1. The number of hydrogen-bond acceptors (Lipinski definition) is 5. The molecule has 3 aromatic rings. The minimum atomic E-state index is -0.00668. The van der Waals surface area contributed by atoms with Crippen LogP contribution in [0.2, 0.25) is 10.0 Å². The van der Waals surface area contributed by atoms with Crippen molar-refractivity contribution in [3.63, 3.8) is 0 Å². The second-order valence-corrected chi connectivity index (χ2v) is 7.19. The monoisotopic (exact) mass is 395 g/mol. The number of nitrogen functional groups attached to an aromatic ring is 1. The molecule has 130 valence electrons. The fourth-order valence-electron chi connectivity index (χ4n) is 2.60. The van der Waals surface area contributed by atoms with Crippen molar-refractivity contribution < 1.29 is 4.79 Å². The van der Waals surface area contributed by atoms with Crippen molar-refractivity contribution in [1.82, 2.24) is 19.7 Å². The van der Waals surface area contributed by atoms with Crippen molar-refractivity contribution in [3.8, 4) is 5.69 Å². The van der Waals surface area contributed by atoms with Gasteiger partial charge >= 0.3 is 0 Å². The Morgan fingerprint density at radius 3 is 2.68 bits per heavy atom. The minimum Gasteiger partial charge on any atom is -0.368 e. The van der Waals surface area contributed by atoms with Gasteiger partial charge in [0.05, 0.1) is 15.8 Å². The van der Waals surface area contributed by atoms with Gasteiger partial charge in [-0.25, -0.2) is 5.10 Å². The Hall–Kier alpha value is -1.96. The van der Waals surface area contributed by atoms with Gasteiger partial charge in [0.15, 0.2) is 5.78 Å². The van der Waals surface area contributed by atoms with Gasteiger partial charge in [0.2, 0.25) is 11.1 Å². The maximum atomic E-state index is 12.6. The highest BCUT2D eigenvalue weighted by Gasteiger charge is 2.18. The Morgan fingerprint density at radius 1 is 1.28 bits per heavy atom. The van der Waals surface area contributed by atoms with Crippen LogP contribution in [0, 0.1) is 13.8 Å². The molecular formula is C16H15Cl2N5OS. The fraction of sp³-hybridized carbons (Fsp3) is 0.188. The summed E-state index contributed by atoms with van der Waals surface area (Å²) in [7, 11) is 0. The number of aromatic nitrogens is 4. The number of nitrogens with zero attached hydrogens (tertiary/aromatic N) is 3. The molecule has 0 aliphatic heterocycles. The molecule has 0 saturated heterocycles. The molecule has 0 atom stereocenters. The molecule has 2 aromatic heterocycles. The van der Waals surface area contributed by atoms with Gasteiger partial charge < -0.3 is 10.3 Å². The Bertz CT molecular complexity index is 950. The normalized spacial score (nSPS) is 11.0. The molecule has 25 heavy (non-hydrogen) atoms. The largest absolute Gasteiger partial charge is 0.368 e. The summed E-state index contributed by atoms with van der Waals surface area (Å²) in [5, 5.41) is 7.86. The third-order valence-corrected chi connectivity index (χ3v) is 5.29. The van der Waals surface area contributed by atoms with Gasteiger partial charge in [-0.2, -0.15) is 4.98 Å². The summed E-state index contributed by atoms with van der Waals surface area (Å²) in [6.45, 7) is 3.84. The molecule has 6 nitrogen and oxygen atoms in total. The molecule has 9 heteroatoms. The number of H-pyrrole nitrogens is 1. The number of carbonyl (C=O) groups excluding carboxylic acids is 1. The van der Waals surface area contributed by atoms with Crippen LogP contribution in [-0.4, -0.2) is 31.3 Å². The van der Waals surface area contributed by atoms with E-state index in [1.165, 1.54) is 11.8 Å². The summed E-state index contributed by atoms with van der Waals surface area (Å²) >= 11 is 13.3. The summed E-state index contributed by atoms with van der Waals surface area (Å²) in [5.41, 5.74) is 8.77. The zero-order valence-electron chi connectivity index (χ0n) is 13.5. The molecule has 2 heterocycles. The number of thioether (sulfide) groups is 1. The van der Waals surface area contributed by atoms with E-state index in [9.17, 15) is 4.79 Å². The van der Waals surface area contributed by atoms with E-state index in [0.29, 0.717) is 20.8 Å². The molecule has 0 fully saturated rings. The van der Waals surface area contributed by atoms with Gasteiger partial charge in [0, 0.05) is 22.6 Å². The number of benzene rings is 1. The molecular weight excluding hydrogens is 381 g/mol. The maximum Gasteiger partial charge on any atom is 0.216 e. The van der Waals surface area contributed by atoms with Gasteiger partial charge in [-0.15, -0.1) is 5.10 Å². The number of nitrogens with two attached hydrogens (primary N) is 1. The van der Waals surface area contributed by atoms with E-state index in [-0.39, 0.29) is 17.5 Å². The molecule has 3 rings (SSSR count). The number of aryl methyl sites for hydroxylation is 1. The molecule has 3 N–H and O–H groups in total. The first-order valence-corrected chi connectivity index (χ1v) is 9.09. The van der Waals surface area contributed by atoms with Crippen LogP contribution in [0.3, 0.4) is 0 Å². The number of Topliss-reactive ketones (excluding diaryl/α,β-unsaturated/α-hetero) is 1. The van der Waals surface area contributed by atoms with Crippen molar-refractivity contribution in [1.29, 1.82) is 0 Å². The second kappa shape index (κ2) is 7.11. The SMILES string of the molecule is Cc1cc(C(=O)CSc2n[nH]c(N)n2)c(C)n1-c1ccc(Cl)c(Cl)c1. The average molecular weight is 396 g/mol. The molecule has 0 aliphatic rings. The number of carbonyl (C=O) groups is 1. The lowest BCUT2D eigenvalue weighted by Crippen LogP contribution is -2.06. The fourth-order valence-corrected chi connectivity index (χ4v) is 3.58. The van der Waals surface area contributed by atoms with E-state index in [2.05, 4.69) is 15.2 Å². The molecule has 0 saturated carbocycles. The van der Waals surface area contributed by atoms with Gasteiger partial charge in [-0.3, -0.25) is 4.79 Å². The second-order valence-electron chi connectivity index (χ2n) is 5.43. The van der Waals surface area contributed by atoms with E-state index in [4.69, 9.17) is 28.9 Å². The van der Waals surface area contributed by atoms with E-state index < -0.39 is 0 Å². The zero-order valence-corrected chi connectivity index (χ0v) is 15.8. The van der Waals surface area contributed by atoms with E-state index in [1.54, 1.807) is 12.1 Å². The van der Waals surface area contributed by atoms with Gasteiger partial charge in [-0.1, -0.05) is 35.0 Å². The summed E-state index contributed by atoms with van der Waals surface area (Å²) in [4.78, 5) is 16.6. The lowest BCUT2D eigenvalue weighted by molar-refractivity contribution is 0.102. The highest BCUT2D eigenvalue weighted by Crippen LogP contribution is 2.28. The van der Waals surface area contributed by atoms with Crippen LogP contribution < -0.4 is 5.73 Å². The van der Waals surface area contributed by atoms with Crippen LogP contribution in [0.5, 0.6) is 0 Å². The van der Waals surface area contributed by atoms with Crippen LogP contribution in [-0.2, 0) is 0 Å². The van der Waals surface area contributed by atoms with Crippen LogP contribution in [0.1, 0.15) is 21.7 Å². The number of nitrogens with one attached hydrogen (secondary N) is 1. The van der Waals surface area contributed by atoms with Gasteiger partial charge in [-0.05, 0) is 38.1 Å². The third-order valence-electron chi connectivity index (χ3n) is 3.71. The highest BCUT2D eigenvalue weighted by molar-refractivity contribution is 7.99. The van der Waals surface area contributed by atoms with Gasteiger partial charge in [0.1, 0.15) is 0 Å². The van der Waals surface area contributed by atoms with Crippen LogP contribution >= 0.6 is 35.0 Å². The Kier molecular flexibility index (Phi) is 5.08. The first kappa shape index (κ1) is 17.8. The molecule has 0 unspecified atom stereocenters. The standard InChI is InChI=1S/C16H15Cl2N5OS/c1-8-5-11(14(24)7-25-16-20-15(19)21-22-16)9(2)23(8)10-3-4-12(17)13(18)6-10/h3-6H,7H2,1-2H3,(H3,19,20,21,22).